The van der Waals surface area contributed by atoms with Crippen LogP contribution < -0.4 is 10.2 Å². The van der Waals surface area contributed by atoms with Crippen LogP contribution in [0.5, 0.6) is 0 Å². The van der Waals surface area contributed by atoms with Gasteiger partial charge >= 0.3 is 0 Å². The zero-order valence-corrected chi connectivity index (χ0v) is 12.6. The number of carbonyl (C=O) groups excluding carboxylic acids is 2. The molecule has 1 atom stereocenters. The molecule has 0 aromatic heterocycles. The van der Waals surface area contributed by atoms with Gasteiger partial charge < -0.3 is 10.2 Å². The quantitative estimate of drug-likeness (QED) is 0.873. The van der Waals surface area contributed by atoms with Gasteiger partial charge in [-0.3, -0.25) is 9.59 Å². The molecule has 1 aliphatic carbocycles. The maximum absolute atomic E-state index is 13.0. The molecule has 1 saturated carbocycles. The monoisotopic (exact) mass is 304 g/mol. The number of anilines is 1. The minimum Gasteiger partial charge on any atom is -0.353 e. The topological polar surface area (TPSA) is 49.4 Å². The Morgan fingerprint density at radius 3 is 2.45 bits per heavy atom. The number of halogens is 1. The number of hydrogen-bond acceptors (Lipinski definition) is 2. The SMILES string of the molecule is O=C(NC1CCCCC1)C1CCN(c2ccc(F)cc2)C1=O. The van der Waals surface area contributed by atoms with E-state index in [9.17, 15) is 14.0 Å². The van der Waals surface area contributed by atoms with E-state index in [1.54, 1.807) is 17.0 Å². The fraction of sp³-hybridized carbons (Fsp3) is 0.529. The Balaban J connectivity index is 1.62. The van der Waals surface area contributed by atoms with Crippen molar-refractivity contribution < 1.29 is 14.0 Å². The zero-order valence-electron chi connectivity index (χ0n) is 12.6. The molecule has 1 unspecified atom stereocenters. The Morgan fingerprint density at radius 1 is 1.09 bits per heavy atom. The van der Waals surface area contributed by atoms with Crippen molar-refractivity contribution in [1.29, 1.82) is 0 Å². The van der Waals surface area contributed by atoms with Crippen molar-refractivity contribution in [2.45, 2.75) is 44.6 Å². The van der Waals surface area contributed by atoms with Crippen molar-refractivity contribution >= 4 is 17.5 Å². The summed E-state index contributed by atoms with van der Waals surface area (Å²) in [5, 5.41) is 3.03. The lowest BCUT2D eigenvalue weighted by Crippen LogP contribution is -2.42. The first-order valence-corrected chi connectivity index (χ1v) is 8.02. The molecular weight excluding hydrogens is 283 g/mol. The lowest BCUT2D eigenvalue weighted by atomic mass is 9.94. The average molecular weight is 304 g/mol. The van der Waals surface area contributed by atoms with Gasteiger partial charge in [0.2, 0.25) is 11.8 Å². The number of carbonyl (C=O) groups is 2. The summed E-state index contributed by atoms with van der Waals surface area (Å²) in [5.74, 6) is -1.27. The molecule has 2 amide bonds. The molecule has 118 valence electrons. The Labute approximate surface area is 129 Å². The minimum atomic E-state index is -0.605. The van der Waals surface area contributed by atoms with E-state index >= 15 is 0 Å². The van der Waals surface area contributed by atoms with E-state index in [1.165, 1.54) is 18.6 Å². The van der Waals surface area contributed by atoms with E-state index in [1.807, 2.05) is 0 Å². The van der Waals surface area contributed by atoms with Crippen LogP contribution in [0.25, 0.3) is 0 Å². The molecule has 4 nitrogen and oxygen atoms in total. The van der Waals surface area contributed by atoms with Crippen LogP contribution in [-0.4, -0.2) is 24.4 Å². The smallest absolute Gasteiger partial charge is 0.239 e. The Kier molecular flexibility index (Phi) is 4.41. The van der Waals surface area contributed by atoms with Crippen molar-refractivity contribution in [3.63, 3.8) is 0 Å². The van der Waals surface area contributed by atoms with Crippen LogP contribution in [0.15, 0.2) is 24.3 Å². The van der Waals surface area contributed by atoms with Gasteiger partial charge in [0.1, 0.15) is 11.7 Å². The van der Waals surface area contributed by atoms with Gasteiger partial charge in [0.15, 0.2) is 0 Å². The predicted octanol–water partition coefficient (Wildman–Crippen LogP) is 2.63. The average Bonchev–Trinajstić information content (AvgIpc) is 2.91. The molecule has 3 rings (SSSR count). The molecule has 5 heteroatoms. The Morgan fingerprint density at radius 2 is 1.77 bits per heavy atom. The normalized spacial score (nSPS) is 22.9. The Bertz CT molecular complexity index is 552. The number of amides is 2. The Hall–Kier alpha value is -1.91. The summed E-state index contributed by atoms with van der Waals surface area (Å²) in [6.45, 7) is 0.507. The van der Waals surface area contributed by atoms with E-state index in [-0.39, 0.29) is 23.7 Å². The minimum absolute atomic E-state index is 0.151. The molecular formula is C17H21FN2O2. The van der Waals surface area contributed by atoms with Gasteiger partial charge in [0.05, 0.1) is 0 Å². The van der Waals surface area contributed by atoms with Gasteiger partial charge in [-0.15, -0.1) is 0 Å². The molecule has 2 aliphatic rings. The van der Waals surface area contributed by atoms with Crippen LogP contribution >= 0.6 is 0 Å². The second kappa shape index (κ2) is 6.46. The molecule has 0 radical (unpaired) electrons. The van der Waals surface area contributed by atoms with E-state index in [0.717, 1.165) is 25.7 Å². The van der Waals surface area contributed by atoms with Crippen LogP contribution in [0.1, 0.15) is 38.5 Å². The number of benzene rings is 1. The van der Waals surface area contributed by atoms with Crippen molar-refractivity contribution in [3.8, 4) is 0 Å². The first-order valence-electron chi connectivity index (χ1n) is 8.02. The fourth-order valence-corrected chi connectivity index (χ4v) is 3.35. The second-order valence-electron chi connectivity index (χ2n) is 6.15. The highest BCUT2D eigenvalue weighted by atomic mass is 19.1. The highest BCUT2D eigenvalue weighted by Gasteiger charge is 2.38. The lowest BCUT2D eigenvalue weighted by molar-refractivity contribution is -0.132. The number of hydrogen-bond donors (Lipinski definition) is 1. The first-order chi connectivity index (χ1) is 10.6. The highest BCUT2D eigenvalue weighted by Crippen LogP contribution is 2.26. The fourth-order valence-electron chi connectivity index (χ4n) is 3.35. The lowest BCUT2D eigenvalue weighted by Gasteiger charge is -2.24. The van der Waals surface area contributed by atoms with Gasteiger partial charge in [-0.1, -0.05) is 19.3 Å². The van der Waals surface area contributed by atoms with Crippen LogP contribution in [0.2, 0.25) is 0 Å². The summed E-state index contributed by atoms with van der Waals surface area (Å²) in [4.78, 5) is 26.4. The van der Waals surface area contributed by atoms with Crippen LogP contribution in [-0.2, 0) is 9.59 Å². The third-order valence-corrected chi connectivity index (χ3v) is 4.61. The van der Waals surface area contributed by atoms with Gasteiger partial charge in [-0.25, -0.2) is 4.39 Å². The van der Waals surface area contributed by atoms with Crippen molar-refractivity contribution in [2.75, 3.05) is 11.4 Å². The van der Waals surface area contributed by atoms with Crippen LogP contribution in [0, 0.1) is 11.7 Å². The third kappa shape index (κ3) is 3.13. The summed E-state index contributed by atoms with van der Waals surface area (Å²) in [7, 11) is 0. The number of nitrogens with zero attached hydrogens (tertiary/aromatic N) is 1. The number of nitrogens with one attached hydrogen (secondary N) is 1. The van der Waals surface area contributed by atoms with Crippen LogP contribution in [0.4, 0.5) is 10.1 Å². The molecule has 2 fully saturated rings. The first kappa shape index (κ1) is 15.0. The van der Waals surface area contributed by atoms with Gasteiger partial charge in [0, 0.05) is 18.3 Å². The van der Waals surface area contributed by atoms with E-state index < -0.39 is 5.92 Å². The molecule has 22 heavy (non-hydrogen) atoms. The third-order valence-electron chi connectivity index (χ3n) is 4.61. The van der Waals surface area contributed by atoms with Gasteiger partial charge in [-0.2, -0.15) is 0 Å². The summed E-state index contributed by atoms with van der Waals surface area (Å²) >= 11 is 0. The van der Waals surface area contributed by atoms with Crippen molar-refractivity contribution in [1.82, 2.24) is 5.32 Å². The van der Waals surface area contributed by atoms with Gasteiger partial charge in [-0.05, 0) is 43.5 Å². The summed E-state index contributed by atoms with van der Waals surface area (Å²) in [6, 6.07) is 6.04. The molecule has 1 aliphatic heterocycles. The molecule has 0 spiro atoms. The van der Waals surface area contributed by atoms with E-state index in [0.29, 0.717) is 18.7 Å². The maximum atomic E-state index is 13.0. The number of rotatable bonds is 3. The molecule has 1 aromatic rings. The molecule has 1 N–H and O–H groups in total. The van der Waals surface area contributed by atoms with Crippen LogP contribution in [0.3, 0.4) is 0 Å². The molecule has 0 bridgehead atoms. The highest BCUT2D eigenvalue weighted by molar-refractivity contribution is 6.09. The molecule has 1 heterocycles. The van der Waals surface area contributed by atoms with Gasteiger partial charge in [0.25, 0.3) is 0 Å². The largest absolute Gasteiger partial charge is 0.353 e. The molecule has 1 saturated heterocycles. The van der Waals surface area contributed by atoms with E-state index in [2.05, 4.69) is 5.32 Å². The zero-order chi connectivity index (χ0) is 15.5. The maximum Gasteiger partial charge on any atom is 0.239 e. The summed E-state index contributed by atoms with van der Waals surface area (Å²) < 4.78 is 13.0. The summed E-state index contributed by atoms with van der Waals surface area (Å²) in [5.41, 5.74) is 0.652. The standard InChI is InChI=1S/C17H21FN2O2/c18-12-6-8-14(9-7-12)20-11-10-15(17(20)22)16(21)19-13-4-2-1-3-5-13/h6-9,13,15H,1-5,10-11H2,(H,19,21). The van der Waals surface area contributed by atoms with E-state index in [4.69, 9.17) is 0 Å². The second-order valence-corrected chi connectivity index (χ2v) is 6.15. The van der Waals surface area contributed by atoms with Crippen molar-refractivity contribution in [3.05, 3.63) is 30.1 Å². The predicted molar refractivity (Wildman–Crippen MR) is 81.9 cm³/mol. The molecule has 1 aromatic carbocycles. The summed E-state index contributed by atoms with van der Waals surface area (Å²) in [6.07, 6.45) is 6.06. The van der Waals surface area contributed by atoms with Crippen molar-refractivity contribution in [2.24, 2.45) is 5.92 Å².